The van der Waals surface area contributed by atoms with E-state index >= 15 is 0 Å². The maximum absolute atomic E-state index is 12.2. The molecule has 0 fully saturated rings. The zero-order valence-electron chi connectivity index (χ0n) is 15.9. The van der Waals surface area contributed by atoms with E-state index in [1.807, 2.05) is 0 Å². The topological polar surface area (TPSA) is 39.7 Å². The van der Waals surface area contributed by atoms with Gasteiger partial charge >= 0.3 is 6.18 Å². The second kappa shape index (κ2) is 12.4. The summed E-state index contributed by atoms with van der Waals surface area (Å²) in [5.41, 5.74) is 2.49. The average Bonchev–Trinajstić information content (AvgIpc) is 2.53. The van der Waals surface area contributed by atoms with Gasteiger partial charge in [-0.3, -0.25) is 9.89 Å². The monoisotopic (exact) mass is 486 g/mol. The van der Waals surface area contributed by atoms with Gasteiger partial charge in [0.05, 0.1) is 6.54 Å². The fraction of sp³-hybridized carbons (Fsp3) is 0.611. The summed E-state index contributed by atoms with van der Waals surface area (Å²) < 4.78 is 36.7. The lowest BCUT2D eigenvalue weighted by Gasteiger charge is -2.19. The van der Waals surface area contributed by atoms with Gasteiger partial charge in [-0.25, -0.2) is 0 Å². The van der Waals surface area contributed by atoms with Crippen LogP contribution in [0.15, 0.2) is 29.3 Å². The highest BCUT2D eigenvalue weighted by Gasteiger charge is 2.28. The lowest BCUT2D eigenvalue weighted by molar-refractivity contribution is -0.143. The number of alkyl halides is 3. The van der Waals surface area contributed by atoms with E-state index in [4.69, 9.17) is 0 Å². The molecule has 150 valence electrons. The fourth-order valence-electron chi connectivity index (χ4n) is 2.42. The molecule has 1 rings (SSSR count). The Bertz CT molecular complexity index is 532. The third-order valence-electron chi connectivity index (χ3n) is 3.90. The molecule has 0 spiro atoms. The minimum Gasteiger partial charge on any atom is -0.356 e. The first-order chi connectivity index (χ1) is 11.7. The highest BCUT2D eigenvalue weighted by atomic mass is 127. The number of hydrogen-bond donors (Lipinski definition) is 2. The van der Waals surface area contributed by atoms with Gasteiger partial charge in [-0.05, 0) is 38.4 Å². The molecule has 1 aromatic rings. The first kappa shape index (κ1) is 25.0. The summed E-state index contributed by atoms with van der Waals surface area (Å²) in [5, 5.41) is 6.39. The second-order valence-corrected chi connectivity index (χ2v) is 6.40. The number of aryl methyl sites for hydroxylation is 1. The number of hydrogen-bond acceptors (Lipinski definition) is 2. The Balaban J connectivity index is 0.00000625. The molecule has 0 aliphatic heterocycles. The van der Waals surface area contributed by atoms with Crippen molar-refractivity contribution in [2.45, 2.75) is 32.4 Å². The van der Waals surface area contributed by atoms with Crippen LogP contribution in [-0.2, 0) is 0 Å². The number of benzene rings is 1. The Hall–Kier alpha value is -1.03. The van der Waals surface area contributed by atoms with Crippen molar-refractivity contribution in [3.63, 3.8) is 0 Å². The normalized spacial score (nSPS) is 13.3. The van der Waals surface area contributed by atoms with Crippen LogP contribution in [0.3, 0.4) is 0 Å². The minimum absolute atomic E-state index is 0. The first-order valence-corrected chi connectivity index (χ1v) is 8.47. The Morgan fingerprint density at radius 3 is 2.35 bits per heavy atom. The van der Waals surface area contributed by atoms with Crippen LogP contribution in [0.1, 0.15) is 30.4 Å². The van der Waals surface area contributed by atoms with E-state index in [-0.39, 0.29) is 24.0 Å². The molecule has 0 aliphatic rings. The average molecular weight is 486 g/mol. The van der Waals surface area contributed by atoms with E-state index in [2.05, 4.69) is 53.7 Å². The molecule has 1 unspecified atom stereocenters. The molecule has 2 N–H and O–H groups in total. The van der Waals surface area contributed by atoms with Crippen LogP contribution in [-0.4, -0.2) is 57.3 Å². The minimum atomic E-state index is -4.15. The fourth-order valence-corrected chi connectivity index (χ4v) is 2.42. The predicted octanol–water partition coefficient (Wildman–Crippen LogP) is 3.77. The van der Waals surface area contributed by atoms with Crippen molar-refractivity contribution in [1.82, 2.24) is 15.5 Å². The highest BCUT2D eigenvalue weighted by Crippen LogP contribution is 2.15. The molecule has 0 saturated heterocycles. The molecule has 0 aromatic heterocycles. The maximum Gasteiger partial charge on any atom is 0.401 e. The third-order valence-corrected chi connectivity index (χ3v) is 3.90. The number of nitrogens with zero attached hydrogens (tertiary/aromatic N) is 2. The molecular formula is C18H30F3IN4. The maximum atomic E-state index is 12.2. The Kier molecular flexibility index (Phi) is 11.9. The molecule has 8 heteroatoms. The lowest BCUT2D eigenvalue weighted by atomic mass is 10.0. The summed E-state index contributed by atoms with van der Waals surface area (Å²) in [7, 11) is 3.16. The number of halogens is 4. The van der Waals surface area contributed by atoms with Gasteiger partial charge in [0.15, 0.2) is 5.96 Å². The van der Waals surface area contributed by atoms with E-state index in [1.165, 1.54) is 23.1 Å². The number of nitrogens with one attached hydrogen (secondary N) is 2. The Labute approximate surface area is 171 Å². The van der Waals surface area contributed by atoms with Crippen LogP contribution in [0, 0.1) is 6.92 Å². The summed E-state index contributed by atoms with van der Waals surface area (Å²) in [4.78, 5) is 5.42. The highest BCUT2D eigenvalue weighted by molar-refractivity contribution is 14.0. The van der Waals surface area contributed by atoms with Crippen LogP contribution in [0.4, 0.5) is 13.2 Å². The van der Waals surface area contributed by atoms with Crippen molar-refractivity contribution in [2.75, 3.05) is 40.3 Å². The summed E-state index contributed by atoms with van der Waals surface area (Å²) in [5.74, 6) is 0.995. The standard InChI is InChI=1S/C18H29F3N4.HI/c1-14-6-8-16(9-7-14)15(2)12-24-17(22-3)23-10-5-11-25(4)13-18(19,20)21;/h6-9,15H,5,10-13H2,1-4H3,(H2,22,23,24);1H. The summed E-state index contributed by atoms with van der Waals surface area (Å²) in [6.45, 7) is 5.00. The van der Waals surface area contributed by atoms with Gasteiger partial charge in [0.25, 0.3) is 0 Å². The van der Waals surface area contributed by atoms with Gasteiger partial charge in [-0.15, -0.1) is 24.0 Å². The van der Waals surface area contributed by atoms with E-state index in [0.29, 0.717) is 31.4 Å². The van der Waals surface area contributed by atoms with E-state index in [1.54, 1.807) is 7.05 Å². The Morgan fingerprint density at radius 1 is 1.19 bits per heavy atom. The van der Waals surface area contributed by atoms with Crippen LogP contribution < -0.4 is 10.6 Å². The molecular weight excluding hydrogens is 456 g/mol. The third kappa shape index (κ3) is 10.8. The lowest BCUT2D eigenvalue weighted by Crippen LogP contribution is -2.40. The molecule has 26 heavy (non-hydrogen) atoms. The zero-order chi connectivity index (χ0) is 18.9. The Morgan fingerprint density at radius 2 is 1.81 bits per heavy atom. The van der Waals surface area contributed by atoms with Crippen molar-refractivity contribution in [3.05, 3.63) is 35.4 Å². The van der Waals surface area contributed by atoms with Gasteiger partial charge in [0.1, 0.15) is 0 Å². The summed E-state index contributed by atoms with van der Waals surface area (Å²) in [6.07, 6.45) is -3.54. The van der Waals surface area contributed by atoms with E-state index in [9.17, 15) is 13.2 Å². The number of guanidine groups is 1. The van der Waals surface area contributed by atoms with Crippen molar-refractivity contribution >= 4 is 29.9 Å². The van der Waals surface area contributed by atoms with Gasteiger partial charge in [0.2, 0.25) is 0 Å². The van der Waals surface area contributed by atoms with E-state index < -0.39 is 12.7 Å². The number of rotatable bonds is 8. The van der Waals surface area contributed by atoms with Crippen LogP contribution in [0.25, 0.3) is 0 Å². The molecule has 1 atom stereocenters. The smallest absolute Gasteiger partial charge is 0.356 e. The van der Waals surface area contributed by atoms with Crippen LogP contribution in [0.5, 0.6) is 0 Å². The largest absolute Gasteiger partial charge is 0.401 e. The van der Waals surface area contributed by atoms with Crippen LogP contribution in [0.2, 0.25) is 0 Å². The van der Waals surface area contributed by atoms with E-state index in [0.717, 1.165) is 6.54 Å². The molecule has 0 aliphatic carbocycles. The van der Waals surface area contributed by atoms with Gasteiger partial charge < -0.3 is 10.6 Å². The molecule has 0 heterocycles. The molecule has 0 saturated carbocycles. The summed E-state index contributed by atoms with van der Waals surface area (Å²) >= 11 is 0. The quantitative estimate of drug-likeness (QED) is 0.255. The van der Waals surface area contributed by atoms with Crippen molar-refractivity contribution in [3.8, 4) is 0 Å². The first-order valence-electron chi connectivity index (χ1n) is 8.47. The van der Waals surface area contributed by atoms with Gasteiger partial charge in [-0.2, -0.15) is 13.2 Å². The zero-order valence-corrected chi connectivity index (χ0v) is 18.2. The predicted molar refractivity (Wildman–Crippen MR) is 113 cm³/mol. The van der Waals surface area contributed by atoms with Crippen molar-refractivity contribution < 1.29 is 13.2 Å². The van der Waals surface area contributed by atoms with Crippen molar-refractivity contribution in [2.24, 2.45) is 4.99 Å². The molecule has 4 nitrogen and oxygen atoms in total. The second-order valence-electron chi connectivity index (χ2n) is 6.40. The number of aliphatic imine (C=N–C) groups is 1. The molecule has 0 radical (unpaired) electrons. The molecule has 1 aromatic carbocycles. The molecule has 0 amide bonds. The SMILES string of the molecule is CN=C(NCCCN(C)CC(F)(F)F)NCC(C)c1ccc(C)cc1.I. The van der Waals surface area contributed by atoms with Crippen LogP contribution >= 0.6 is 24.0 Å². The van der Waals surface area contributed by atoms with Gasteiger partial charge in [0, 0.05) is 20.1 Å². The van der Waals surface area contributed by atoms with Crippen molar-refractivity contribution in [1.29, 1.82) is 0 Å². The molecule has 0 bridgehead atoms. The summed E-state index contributed by atoms with van der Waals surface area (Å²) in [6, 6.07) is 8.43. The van der Waals surface area contributed by atoms with Gasteiger partial charge in [-0.1, -0.05) is 36.8 Å².